The maximum Gasteiger partial charge on any atom is 0.139 e. The number of aliphatic hydroxyl groups is 1. The fourth-order valence-corrected chi connectivity index (χ4v) is 1.65. The van der Waals surface area contributed by atoms with Gasteiger partial charge in [0.05, 0.1) is 12.7 Å². The highest BCUT2D eigenvalue weighted by molar-refractivity contribution is 5.59. The zero-order chi connectivity index (χ0) is 13.0. The molecule has 0 atom stereocenters. The lowest BCUT2D eigenvalue weighted by atomic mass is 10.1. The standard InChI is InChI=1S/C14H17NO3/c1-10(2)17-12-5-3-11(4-6-12)14-9-13(7-8-16)18-15-14/h3-6,9-10,16H,7-8H2,1-2H3. The maximum absolute atomic E-state index is 8.82. The van der Waals surface area contributed by atoms with E-state index in [1.54, 1.807) is 0 Å². The Bertz CT molecular complexity index is 488. The van der Waals surface area contributed by atoms with Crippen LogP contribution in [-0.4, -0.2) is 23.0 Å². The van der Waals surface area contributed by atoms with E-state index in [4.69, 9.17) is 14.4 Å². The zero-order valence-corrected chi connectivity index (χ0v) is 10.6. The average Bonchev–Trinajstić information content (AvgIpc) is 2.78. The predicted octanol–water partition coefficient (Wildman–Crippen LogP) is 2.66. The number of benzene rings is 1. The van der Waals surface area contributed by atoms with Crippen LogP contribution in [0, 0.1) is 0 Å². The molecule has 1 aromatic carbocycles. The van der Waals surface area contributed by atoms with E-state index >= 15 is 0 Å². The van der Waals surface area contributed by atoms with Crippen molar-refractivity contribution in [3.8, 4) is 17.0 Å². The molecular formula is C14H17NO3. The van der Waals surface area contributed by atoms with Gasteiger partial charge in [0.25, 0.3) is 0 Å². The number of aliphatic hydroxyl groups excluding tert-OH is 1. The van der Waals surface area contributed by atoms with Gasteiger partial charge < -0.3 is 14.4 Å². The van der Waals surface area contributed by atoms with E-state index < -0.39 is 0 Å². The molecule has 0 spiro atoms. The Morgan fingerprint density at radius 2 is 2.00 bits per heavy atom. The highest BCUT2D eigenvalue weighted by atomic mass is 16.5. The summed E-state index contributed by atoms with van der Waals surface area (Å²) in [6.07, 6.45) is 0.653. The molecule has 0 aliphatic rings. The van der Waals surface area contributed by atoms with E-state index in [0.717, 1.165) is 17.0 Å². The quantitative estimate of drug-likeness (QED) is 0.882. The lowest BCUT2D eigenvalue weighted by Crippen LogP contribution is -2.05. The molecule has 0 saturated heterocycles. The van der Waals surface area contributed by atoms with Crippen molar-refractivity contribution >= 4 is 0 Å². The first-order chi connectivity index (χ1) is 8.69. The summed E-state index contributed by atoms with van der Waals surface area (Å²) in [7, 11) is 0. The third-order valence-electron chi connectivity index (χ3n) is 2.44. The van der Waals surface area contributed by atoms with E-state index in [9.17, 15) is 0 Å². The highest BCUT2D eigenvalue weighted by Crippen LogP contribution is 2.22. The number of rotatable bonds is 5. The molecule has 18 heavy (non-hydrogen) atoms. The van der Waals surface area contributed by atoms with Gasteiger partial charge in [0.1, 0.15) is 17.2 Å². The van der Waals surface area contributed by atoms with E-state index in [1.165, 1.54) is 0 Å². The molecule has 0 aliphatic heterocycles. The Morgan fingerprint density at radius 3 is 2.61 bits per heavy atom. The number of ether oxygens (including phenoxy) is 1. The van der Waals surface area contributed by atoms with Gasteiger partial charge in [-0.3, -0.25) is 0 Å². The summed E-state index contributed by atoms with van der Waals surface area (Å²) >= 11 is 0. The molecule has 0 radical (unpaired) electrons. The molecule has 2 rings (SSSR count). The maximum atomic E-state index is 8.82. The second-order valence-electron chi connectivity index (χ2n) is 4.34. The third kappa shape index (κ3) is 3.11. The third-order valence-corrected chi connectivity index (χ3v) is 2.44. The molecule has 0 aliphatic carbocycles. The Hall–Kier alpha value is -1.81. The molecule has 4 nitrogen and oxygen atoms in total. The molecule has 0 bridgehead atoms. The molecule has 0 amide bonds. The second-order valence-corrected chi connectivity index (χ2v) is 4.34. The Labute approximate surface area is 106 Å². The van der Waals surface area contributed by atoms with E-state index in [0.29, 0.717) is 12.2 Å². The van der Waals surface area contributed by atoms with E-state index in [1.807, 2.05) is 44.2 Å². The van der Waals surface area contributed by atoms with Crippen LogP contribution in [0.3, 0.4) is 0 Å². The van der Waals surface area contributed by atoms with Gasteiger partial charge in [-0.1, -0.05) is 5.16 Å². The van der Waals surface area contributed by atoms with Gasteiger partial charge in [0.15, 0.2) is 0 Å². The molecule has 0 unspecified atom stereocenters. The lowest BCUT2D eigenvalue weighted by Gasteiger charge is -2.09. The molecular weight excluding hydrogens is 230 g/mol. The van der Waals surface area contributed by atoms with Crippen LogP contribution >= 0.6 is 0 Å². The first-order valence-corrected chi connectivity index (χ1v) is 6.02. The van der Waals surface area contributed by atoms with Crippen LogP contribution in [0.15, 0.2) is 34.9 Å². The summed E-state index contributed by atoms with van der Waals surface area (Å²) in [4.78, 5) is 0. The lowest BCUT2D eigenvalue weighted by molar-refractivity contribution is 0.242. The summed E-state index contributed by atoms with van der Waals surface area (Å²) < 4.78 is 10.7. The monoisotopic (exact) mass is 247 g/mol. The Morgan fingerprint density at radius 1 is 1.28 bits per heavy atom. The van der Waals surface area contributed by atoms with Crippen molar-refractivity contribution in [1.82, 2.24) is 5.16 Å². The van der Waals surface area contributed by atoms with Crippen LogP contribution in [-0.2, 0) is 6.42 Å². The normalized spacial score (nSPS) is 10.9. The van der Waals surface area contributed by atoms with Crippen molar-refractivity contribution in [1.29, 1.82) is 0 Å². The van der Waals surface area contributed by atoms with E-state index in [2.05, 4.69) is 5.16 Å². The summed E-state index contributed by atoms with van der Waals surface area (Å²) in [6.45, 7) is 4.05. The van der Waals surface area contributed by atoms with Gasteiger partial charge in [0, 0.05) is 18.1 Å². The predicted molar refractivity (Wildman–Crippen MR) is 68.5 cm³/mol. The van der Waals surface area contributed by atoms with Gasteiger partial charge in [-0.15, -0.1) is 0 Å². The van der Waals surface area contributed by atoms with Crippen LogP contribution in [0.5, 0.6) is 5.75 Å². The van der Waals surface area contributed by atoms with Gasteiger partial charge in [-0.2, -0.15) is 0 Å². The molecule has 4 heteroatoms. The number of hydrogen-bond acceptors (Lipinski definition) is 4. The van der Waals surface area contributed by atoms with Crippen molar-refractivity contribution < 1.29 is 14.4 Å². The molecule has 1 N–H and O–H groups in total. The minimum Gasteiger partial charge on any atom is -0.491 e. The van der Waals surface area contributed by atoms with E-state index in [-0.39, 0.29) is 12.7 Å². The van der Waals surface area contributed by atoms with Crippen LogP contribution in [0.2, 0.25) is 0 Å². The minimum atomic E-state index is 0.0653. The summed E-state index contributed by atoms with van der Waals surface area (Å²) in [5.74, 6) is 1.53. The van der Waals surface area contributed by atoms with Gasteiger partial charge in [0.2, 0.25) is 0 Å². The zero-order valence-electron chi connectivity index (χ0n) is 10.6. The Kier molecular flexibility index (Phi) is 3.99. The fourth-order valence-electron chi connectivity index (χ4n) is 1.65. The Balaban J connectivity index is 2.12. The van der Waals surface area contributed by atoms with Crippen LogP contribution in [0.25, 0.3) is 11.3 Å². The summed E-state index contributed by atoms with van der Waals surface area (Å²) in [6, 6.07) is 9.55. The van der Waals surface area contributed by atoms with Gasteiger partial charge >= 0.3 is 0 Å². The van der Waals surface area contributed by atoms with Crippen molar-refractivity contribution in [3.63, 3.8) is 0 Å². The smallest absolute Gasteiger partial charge is 0.139 e. The van der Waals surface area contributed by atoms with Crippen molar-refractivity contribution in [3.05, 3.63) is 36.1 Å². The average molecular weight is 247 g/mol. The number of aromatic nitrogens is 1. The van der Waals surface area contributed by atoms with Crippen LogP contribution in [0.1, 0.15) is 19.6 Å². The topological polar surface area (TPSA) is 55.5 Å². The van der Waals surface area contributed by atoms with Crippen molar-refractivity contribution in [2.24, 2.45) is 0 Å². The van der Waals surface area contributed by atoms with Crippen molar-refractivity contribution in [2.45, 2.75) is 26.4 Å². The molecule has 0 fully saturated rings. The largest absolute Gasteiger partial charge is 0.491 e. The minimum absolute atomic E-state index is 0.0653. The fraction of sp³-hybridized carbons (Fsp3) is 0.357. The highest BCUT2D eigenvalue weighted by Gasteiger charge is 2.06. The second kappa shape index (κ2) is 5.69. The van der Waals surface area contributed by atoms with Gasteiger partial charge in [-0.05, 0) is 38.1 Å². The first kappa shape index (κ1) is 12.6. The molecule has 96 valence electrons. The van der Waals surface area contributed by atoms with Crippen molar-refractivity contribution in [2.75, 3.05) is 6.61 Å². The number of nitrogens with zero attached hydrogens (tertiary/aromatic N) is 1. The summed E-state index contributed by atoms with van der Waals surface area (Å²) in [5, 5.41) is 12.8. The molecule has 2 aromatic rings. The molecule has 1 aromatic heterocycles. The molecule has 1 heterocycles. The van der Waals surface area contributed by atoms with Crippen LogP contribution < -0.4 is 4.74 Å². The number of hydrogen-bond donors (Lipinski definition) is 1. The summed E-state index contributed by atoms with van der Waals surface area (Å²) in [5.41, 5.74) is 1.74. The van der Waals surface area contributed by atoms with Gasteiger partial charge in [-0.25, -0.2) is 0 Å². The SMILES string of the molecule is CC(C)Oc1ccc(-c2cc(CCO)on2)cc1. The van der Waals surface area contributed by atoms with Crippen LogP contribution in [0.4, 0.5) is 0 Å². The molecule has 0 saturated carbocycles. The first-order valence-electron chi connectivity index (χ1n) is 6.02.